The van der Waals surface area contributed by atoms with Crippen LogP contribution < -0.4 is 0 Å². The molecule has 0 fully saturated rings. The third kappa shape index (κ3) is 32.6. The van der Waals surface area contributed by atoms with Crippen LogP contribution in [0.5, 0.6) is 0 Å². The zero-order valence-corrected chi connectivity index (χ0v) is 30.5. The second kappa shape index (κ2) is 36.7. The van der Waals surface area contributed by atoms with Crippen LogP contribution in [0.4, 0.5) is 0 Å². The lowest BCUT2D eigenvalue weighted by molar-refractivity contribution is 0.510. The van der Waals surface area contributed by atoms with E-state index in [1.165, 1.54) is 243 Å². The highest BCUT2D eigenvalue weighted by atomic mass is 14.0. The molecule has 0 radical (unpaired) electrons. The number of benzene rings is 1. The quantitative estimate of drug-likeness (QED) is 0.0657. The fraction of sp³-hybridized carbons (Fsp3) is 0.864. The van der Waals surface area contributed by atoms with E-state index >= 15 is 0 Å². The van der Waals surface area contributed by atoms with Gasteiger partial charge < -0.3 is 0 Å². The second-order valence-electron chi connectivity index (χ2n) is 14.6. The van der Waals surface area contributed by atoms with Crippen LogP contribution in [0.15, 0.2) is 30.3 Å². The van der Waals surface area contributed by atoms with E-state index in [4.69, 9.17) is 0 Å². The van der Waals surface area contributed by atoms with Gasteiger partial charge in [0.25, 0.3) is 0 Å². The maximum absolute atomic E-state index is 2.31. The summed E-state index contributed by atoms with van der Waals surface area (Å²) in [4.78, 5) is 0. The summed E-state index contributed by atoms with van der Waals surface area (Å²) >= 11 is 0. The summed E-state index contributed by atoms with van der Waals surface area (Å²) in [5, 5.41) is 0. The molecule has 0 saturated carbocycles. The number of hydrogen-bond donors (Lipinski definition) is 0. The van der Waals surface area contributed by atoms with Crippen LogP contribution in [0.1, 0.15) is 244 Å². The Kier molecular flexibility index (Phi) is 34.4. The molecular weight excluding hydrogens is 528 g/mol. The van der Waals surface area contributed by atoms with Gasteiger partial charge in [-0.25, -0.2) is 0 Å². The van der Waals surface area contributed by atoms with Crippen molar-refractivity contribution >= 4 is 0 Å². The van der Waals surface area contributed by atoms with E-state index in [2.05, 4.69) is 37.3 Å². The van der Waals surface area contributed by atoms with Gasteiger partial charge in [0.15, 0.2) is 0 Å². The largest absolute Gasteiger partial charge is 0.0654 e. The molecule has 0 aliphatic rings. The van der Waals surface area contributed by atoms with Gasteiger partial charge >= 0.3 is 0 Å². The van der Waals surface area contributed by atoms with E-state index in [9.17, 15) is 0 Å². The van der Waals surface area contributed by atoms with Crippen molar-refractivity contribution in [3.8, 4) is 0 Å². The number of aryl methyl sites for hydroxylation is 1. The van der Waals surface area contributed by atoms with Gasteiger partial charge in [-0.1, -0.05) is 262 Å². The molecule has 0 spiro atoms. The third-order valence-electron chi connectivity index (χ3n) is 10.2. The van der Waals surface area contributed by atoms with Crippen LogP contribution in [0.25, 0.3) is 0 Å². The van der Waals surface area contributed by atoms with Crippen molar-refractivity contribution in [1.82, 2.24) is 0 Å². The first-order chi connectivity index (χ1) is 21.9. The molecule has 0 heterocycles. The second-order valence-corrected chi connectivity index (χ2v) is 14.6. The maximum Gasteiger partial charge on any atom is -0.0279 e. The minimum Gasteiger partial charge on any atom is -0.0654 e. The van der Waals surface area contributed by atoms with Gasteiger partial charge in [-0.15, -0.1) is 0 Å². The zero-order valence-electron chi connectivity index (χ0n) is 30.5. The average Bonchev–Trinajstić information content (AvgIpc) is 3.05. The molecule has 0 nitrogen and oxygen atoms in total. The molecule has 0 heteroatoms. The Balaban J connectivity index is 1.61. The van der Waals surface area contributed by atoms with Gasteiger partial charge in [-0.05, 0) is 18.4 Å². The number of unbranched alkanes of at least 4 members (excludes halogenated alkanes) is 35. The third-order valence-corrected chi connectivity index (χ3v) is 10.2. The van der Waals surface area contributed by atoms with E-state index in [0.717, 1.165) is 0 Å². The molecule has 258 valence electrons. The minimum atomic E-state index is 1.26. The van der Waals surface area contributed by atoms with Crippen molar-refractivity contribution in [2.75, 3.05) is 0 Å². The Morgan fingerprint density at radius 2 is 0.455 bits per heavy atom. The first kappa shape index (κ1) is 41.2. The van der Waals surface area contributed by atoms with E-state index in [-0.39, 0.29) is 0 Å². The van der Waals surface area contributed by atoms with Gasteiger partial charge in [-0.2, -0.15) is 0 Å². The molecule has 0 aliphatic carbocycles. The highest BCUT2D eigenvalue weighted by molar-refractivity contribution is 5.14. The van der Waals surface area contributed by atoms with Gasteiger partial charge in [0.2, 0.25) is 0 Å². The first-order valence-electron chi connectivity index (χ1n) is 21.0. The smallest absolute Gasteiger partial charge is 0.0279 e. The lowest BCUT2D eigenvalue weighted by Crippen LogP contribution is -1.86. The Bertz CT molecular complexity index is 618. The molecule has 0 aromatic heterocycles. The maximum atomic E-state index is 2.31. The van der Waals surface area contributed by atoms with E-state index in [0.29, 0.717) is 0 Å². The van der Waals surface area contributed by atoms with Crippen molar-refractivity contribution in [3.05, 3.63) is 35.9 Å². The van der Waals surface area contributed by atoms with Crippen LogP contribution in [0.3, 0.4) is 0 Å². The number of rotatable bonds is 37. The molecule has 0 aliphatic heterocycles. The van der Waals surface area contributed by atoms with Gasteiger partial charge in [0, 0.05) is 0 Å². The summed E-state index contributed by atoms with van der Waals surface area (Å²) in [6.07, 6.45) is 54.4. The molecule has 1 aromatic rings. The summed E-state index contributed by atoms with van der Waals surface area (Å²) in [5.74, 6) is 0. The van der Waals surface area contributed by atoms with Crippen molar-refractivity contribution in [1.29, 1.82) is 0 Å². The lowest BCUT2D eigenvalue weighted by atomic mass is 10.0. The Morgan fingerprint density at radius 3 is 0.682 bits per heavy atom. The average molecular weight is 611 g/mol. The van der Waals surface area contributed by atoms with Crippen LogP contribution in [-0.4, -0.2) is 0 Å². The Morgan fingerprint density at radius 1 is 0.250 bits per heavy atom. The predicted molar refractivity (Wildman–Crippen MR) is 202 cm³/mol. The minimum absolute atomic E-state index is 1.26. The molecule has 0 saturated heterocycles. The fourth-order valence-corrected chi connectivity index (χ4v) is 7.06. The van der Waals surface area contributed by atoms with Crippen LogP contribution in [0.2, 0.25) is 0 Å². The fourth-order valence-electron chi connectivity index (χ4n) is 7.06. The van der Waals surface area contributed by atoms with Crippen LogP contribution >= 0.6 is 0 Å². The Hall–Kier alpha value is -0.780. The van der Waals surface area contributed by atoms with E-state index < -0.39 is 0 Å². The summed E-state index contributed by atoms with van der Waals surface area (Å²) in [5.41, 5.74) is 1.51. The normalized spacial score (nSPS) is 11.5. The monoisotopic (exact) mass is 611 g/mol. The molecule has 0 N–H and O–H groups in total. The number of hydrogen-bond acceptors (Lipinski definition) is 0. The predicted octanol–water partition coefficient (Wildman–Crippen LogP) is 16.3. The highest BCUT2D eigenvalue weighted by Gasteiger charge is 1.98. The molecule has 1 aromatic carbocycles. The van der Waals surface area contributed by atoms with Crippen LogP contribution in [-0.2, 0) is 6.42 Å². The molecule has 0 unspecified atom stereocenters. The molecular formula is C44H82. The van der Waals surface area contributed by atoms with E-state index in [1.807, 2.05) is 0 Å². The summed E-state index contributed by atoms with van der Waals surface area (Å²) < 4.78 is 0. The highest BCUT2D eigenvalue weighted by Crippen LogP contribution is 2.17. The first-order valence-corrected chi connectivity index (χ1v) is 21.0. The molecule has 0 atom stereocenters. The topological polar surface area (TPSA) is 0 Å². The van der Waals surface area contributed by atoms with E-state index in [1.54, 1.807) is 0 Å². The summed E-state index contributed by atoms with van der Waals surface area (Å²) in [7, 11) is 0. The molecule has 0 bridgehead atoms. The van der Waals surface area contributed by atoms with Gasteiger partial charge in [-0.3, -0.25) is 0 Å². The summed E-state index contributed by atoms with van der Waals surface area (Å²) in [6.45, 7) is 2.31. The van der Waals surface area contributed by atoms with Crippen molar-refractivity contribution in [2.45, 2.75) is 244 Å². The van der Waals surface area contributed by atoms with Gasteiger partial charge in [0.05, 0.1) is 0 Å². The lowest BCUT2D eigenvalue weighted by Gasteiger charge is -2.05. The standard InChI is InChI=1S/C44H82/c1-2-3-4-5-6-7-8-9-10-11-12-13-14-15-16-17-18-19-20-21-22-23-24-25-26-27-28-29-30-31-32-33-34-35-36-38-41-44-42-39-37-40-43-44/h37,39-40,42-43H,2-36,38,41H2,1H3. The SMILES string of the molecule is CCCCCCCCCCCCCCCCCCCCCCCCCCCCCCCCCCCCCCc1ccccc1. The van der Waals surface area contributed by atoms with Crippen molar-refractivity contribution < 1.29 is 0 Å². The van der Waals surface area contributed by atoms with Gasteiger partial charge in [0.1, 0.15) is 0 Å². The van der Waals surface area contributed by atoms with Crippen LogP contribution in [0, 0.1) is 0 Å². The van der Waals surface area contributed by atoms with Crippen molar-refractivity contribution in [2.24, 2.45) is 0 Å². The zero-order chi connectivity index (χ0) is 31.3. The Labute approximate surface area is 279 Å². The molecule has 44 heavy (non-hydrogen) atoms. The van der Waals surface area contributed by atoms with Crippen molar-refractivity contribution in [3.63, 3.8) is 0 Å². The summed E-state index contributed by atoms with van der Waals surface area (Å²) in [6, 6.07) is 11.0. The molecule has 0 amide bonds. The molecule has 1 rings (SSSR count).